The minimum absolute atomic E-state index is 0.140. The molecule has 0 bridgehead atoms. The lowest BCUT2D eigenvalue weighted by atomic mass is 10.3. The van der Waals surface area contributed by atoms with E-state index in [-0.39, 0.29) is 6.10 Å². The second-order valence-corrected chi connectivity index (χ2v) is 4.77. The molecule has 0 atom stereocenters. The summed E-state index contributed by atoms with van der Waals surface area (Å²) in [6.45, 7) is 6.21. The van der Waals surface area contributed by atoms with E-state index < -0.39 is 11.9 Å². The maximum atomic E-state index is 9.10. The average Bonchev–Trinajstić information content (AvgIpc) is 2.99. The fraction of sp³-hybridized carbons (Fsp3) is 0.400. The van der Waals surface area contributed by atoms with Gasteiger partial charge < -0.3 is 25.0 Å². The molecule has 1 aliphatic rings. The van der Waals surface area contributed by atoms with E-state index in [0.717, 1.165) is 30.4 Å². The number of rotatable bonds is 5. The van der Waals surface area contributed by atoms with Crippen molar-refractivity contribution >= 4 is 17.8 Å². The fourth-order valence-electron chi connectivity index (χ4n) is 1.61. The molecule has 0 spiro atoms. The summed E-state index contributed by atoms with van der Waals surface area (Å²) in [4.78, 5) is 22.5. The number of aliphatic carboxylic acids is 2. The molecule has 8 nitrogen and oxygen atoms in total. The van der Waals surface area contributed by atoms with E-state index in [2.05, 4.69) is 10.3 Å². The molecule has 0 fully saturated rings. The van der Waals surface area contributed by atoms with E-state index in [4.69, 9.17) is 29.3 Å². The molecule has 0 saturated heterocycles. The van der Waals surface area contributed by atoms with Crippen molar-refractivity contribution in [1.82, 2.24) is 5.32 Å². The van der Waals surface area contributed by atoms with Crippen LogP contribution in [-0.2, 0) is 9.59 Å². The smallest absolute Gasteiger partial charge is 0.414 e. The summed E-state index contributed by atoms with van der Waals surface area (Å²) in [7, 11) is 0. The van der Waals surface area contributed by atoms with Gasteiger partial charge in [-0.25, -0.2) is 9.59 Å². The third kappa shape index (κ3) is 7.16. The highest BCUT2D eigenvalue weighted by Crippen LogP contribution is 2.27. The van der Waals surface area contributed by atoms with Crippen LogP contribution in [0, 0.1) is 0 Å². The monoisotopic (exact) mass is 324 g/mol. The van der Waals surface area contributed by atoms with Crippen LogP contribution in [0.3, 0.4) is 0 Å². The van der Waals surface area contributed by atoms with Crippen molar-refractivity contribution in [3.63, 3.8) is 0 Å². The van der Waals surface area contributed by atoms with E-state index >= 15 is 0 Å². The number of benzene rings is 1. The van der Waals surface area contributed by atoms with Gasteiger partial charge in [0.1, 0.15) is 12.4 Å². The molecule has 8 heteroatoms. The maximum Gasteiger partial charge on any atom is 0.414 e. The van der Waals surface area contributed by atoms with Crippen LogP contribution in [0.25, 0.3) is 0 Å². The third-order valence-electron chi connectivity index (χ3n) is 2.50. The molecule has 1 aromatic rings. The molecule has 2 rings (SSSR count). The van der Waals surface area contributed by atoms with Crippen LogP contribution in [-0.4, -0.2) is 53.8 Å². The molecule has 3 N–H and O–H groups in total. The van der Waals surface area contributed by atoms with Crippen LogP contribution in [0.5, 0.6) is 11.5 Å². The molecule has 1 heterocycles. The van der Waals surface area contributed by atoms with Gasteiger partial charge in [0.15, 0.2) is 11.5 Å². The van der Waals surface area contributed by atoms with E-state index in [1.54, 1.807) is 0 Å². The number of carboxylic acid groups (broad SMARTS) is 2. The zero-order chi connectivity index (χ0) is 17.2. The van der Waals surface area contributed by atoms with Crippen molar-refractivity contribution in [2.45, 2.75) is 20.0 Å². The molecule has 0 saturated carbocycles. The van der Waals surface area contributed by atoms with Crippen LogP contribution in [0.2, 0.25) is 0 Å². The Labute approximate surface area is 133 Å². The molecule has 0 amide bonds. The average molecular weight is 324 g/mol. The van der Waals surface area contributed by atoms with Gasteiger partial charge in [-0.05, 0) is 26.0 Å². The summed E-state index contributed by atoms with van der Waals surface area (Å²) in [5, 5.41) is 18.0. The second kappa shape index (κ2) is 9.29. The molecule has 0 unspecified atom stereocenters. The maximum absolute atomic E-state index is 9.10. The number of nitrogens with zero attached hydrogens (tertiary/aromatic N) is 1. The first-order valence-corrected chi connectivity index (χ1v) is 7.02. The largest absolute Gasteiger partial charge is 0.487 e. The van der Waals surface area contributed by atoms with Gasteiger partial charge in [-0.15, -0.1) is 0 Å². The van der Waals surface area contributed by atoms with Gasteiger partial charge in [0, 0.05) is 6.54 Å². The zero-order valence-electron chi connectivity index (χ0n) is 13.0. The number of amidine groups is 1. The predicted octanol–water partition coefficient (Wildman–Crippen LogP) is 1.01. The Balaban J connectivity index is 0.000000379. The first-order valence-electron chi connectivity index (χ1n) is 7.02. The van der Waals surface area contributed by atoms with Crippen molar-refractivity contribution in [3.8, 4) is 11.5 Å². The lowest BCUT2D eigenvalue weighted by molar-refractivity contribution is -0.159. The van der Waals surface area contributed by atoms with E-state index in [0.29, 0.717) is 6.61 Å². The molecule has 0 aromatic heterocycles. The first kappa shape index (κ1) is 18.3. The normalized spacial score (nSPS) is 12.6. The molecule has 0 radical (unpaired) electrons. The van der Waals surface area contributed by atoms with Gasteiger partial charge in [-0.3, -0.25) is 4.99 Å². The molecule has 126 valence electrons. The van der Waals surface area contributed by atoms with E-state index in [9.17, 15) is 0 Å². The standard InChI is InChI=1S/C13H18N2O2.C2H2O4/c1-10(2)17-12-6-4-3-5-11(12)16-9-13-14-7-8-15-13;3-1(4)2(5)6/h3-6,10H,7-9H2,1-2H3,(H,14,15);(H,3,4)(H,5,6). The lowest BCUT2D eigenvalue weighted by Crippen LogP contribution is -2.25. The summed E-state index contributed by atoms with van der Waals surface area (Å²) in [6.07, 6.45) is 0.140. The van der Waals surface area contributed by atoms with Crippen LogP contribution in [0.15, 0.2) is 29.3 Å². The number of ether oxygens (including phenoxy) is 2. The van der Waals surface area contributed by atoms with Gasteiger partial charge in [0.25, 0.3) is 0 Å². The lowest BCUT2D eigenvalue weighted by Gasteiger charge is -2.14. The Kier molecular flexibility index (Phi) is 7.38. The highest BCUT2D eigenvalue weighted by molar-refractivity contribution is 6.27. The van der Waals surface area contributed by atoms with E-state index in [1.807, 2.05) is 38.1 Å². The Hall–Kier alpha value is -2.77. The highest BCUT2D eigenvalue weighted by Gasteiger charge is 2.09. The Morgan fingerprint density at radius 3 is 2.30 bits per heavy atom. The molecule has 23 heavy (non-hydrogen) atoms. The van der Waals surface area contributed by atoms with Gasteiger partial charge in [-0.2, -0.15) is 0 Å². The summed E-state index contributed by atoms with van der Waals surface area (Å²) >= 11 is 0. The van der Waals surface area contributed by atoms with Gasteiger partial charge in [-0.1, -0.05) is 12.1 Å². The summed E-state index contributed by atoms with van der Waals surface area (Å²) in [5.41, 5.74) is 0. The van der Waals surface area contributed by atoms with Crippen molar-refractivity contribution in [2.24, 2.45) is 4.99 Å². The van der Waals surface area contributed by atoms with Crippen LogP contribution in [0.1, 0.15) is 13.8 Å². The molecule has 0 aliphatic carbocycles. The highest BCUT2D eigenvalue weighted by atomic mass is 16.5. The van der Waals surface area contributed by atoms with Crippen molar-refractivity contribution in [2.75, 3.05) is 19.7 Å². The molecule has 1 aromatic carbocycles. The summed E-state index contributed by atoms with van der Waals surface area (Å²) < 4.78 is 11.4. The third-order valence-corrected chi connectivity index (χ3v) is 2.50. The van der Waals surface area contributed by atoms with Crippen LogP contribution >= 0.6 is 0 Å². The minimum Gasteiger partial charge on any atom is -0.487 e. The summed E-state index contributed by atoms with van der Waals surface area (Å²) in [5.74, 6) is -1.20. The Morgan fingerprint density at radius 1 is 1.22 bits per heavy atom. The van der Waals surface area contributed by atoms with E-state index in [1.165, 1.54) is 0 Å². The van der Waals surface area contributed by atoms with Gasteiger partial charge >= 0.3 is 11.9 Å². The SMILES string of the molecule is CC(C)Oc1ccccc1OCC1=NCCN1.O=C(O)C(=O)O. The quantitative estimate of drug-likeness (QED) is 0.692. The first-order chi connectivity index (χ1) is 10.9. The number of hydrogen-bond acceptors (Lipinski definition) is 6. The van der Waals surface area contributed by atoms with Crippen molar-refractivity contribution in [3.05, 3.63) is 24.3 Å². The number of para-hydroxylation sites is 2. The predicted molar refractivity (Wildman–Crippen MR) is 83.3 cm³/mol. The number of carbonyl (C=O) groups is 2. The fourth-order valence-corrected chi connectivity index (χ4v) is 1.61. The Bertz CT molecular complexity index is 559. The van der Waals surface area contributed by atoms with Gasteiger partial charge in [0.2, 0.25) is 0 Å². The molecule has 1 aliphatic heterocycles. The van der Waals surface area contributed by atoms with Crippen LogP contribution < -0.4 is 14.8 Å². The second-order valence-electron chi connectivity index (χ2n) is 4.77. The van der Waals surface area contributed by atoms with Crippen LogP contribution in [0.4, 0.5) is 0 Å². The zero-order valence-corrected chi connectivity index (χ0v) is 13.0. The minimum atomic E-state index is -1.82. The van der Waals surface area contributed by atoms with Gasteiger partial charge in [0.05, 0.1) is 12.6 Å². The number of aliphatic imine (C=N–C) groups is 1. The number of hydrogen-bond donors (Lipinski definition) is 3. The van der Waals surface area contributed by atoms with Crippen molar-refractivity contribution in [1.29, 1.82) is 0 Å². The Morgan fingerprint density at radius 2 is 1.83 bits per heavy atom. The van der Waals surface area contributed by atoms with Crippen molar-refractivity contribution < 1.29 is 29.3 Å². The molecular formula is C15H20N2O6. The topological polar surface area (TPSA) is 117 Å². The molecular weight excluding hydrogens is 304 g/mol. The summed E-state index contributed by atoms with van der Waals surface area (Å²) in [6, 6.07) is 7.70. The number of carboxylic acids is 2. The number of nitrogens with one attached hydrogen (secondary N) is 1.